The Morgan fingerprint density at radius 3 is 2.57 bits per heavy atom. The summed E-state index contributed by atoms with van der Waals surface area (Å²) < 4.78 is 17.0. The van der Waals surface area contributed by atoms with Crippen LogP contribution in [0.3, 0.4) is 0 Å². The topological polar surface area (TPSA) is 48.0 Å². The zero-order valence-corrected chi connectivity index (χ0v) is 14.4. The predicted molar refractivity (Wildman–Crippen MR) is 87.0 cm³/mol. The van der Waals surface area contributed by atoms with Crippen molar-refractivity contribution in [2.24, 2.45) is 0 Å². The number of piperidine rings is 1. The lowest BCUT2D eigenvalue weighted by atomic mass is 10.0. The Morgan fingerprint density at radius 1 is 1.26 bits per heavy atom. The molecular weight excluding hydrogens is 341 g/mol. The molecule has 2 aliphatic heterocycles. The van der Waals surface area contributed by atoms with Gasteiger partial charge in [0.25, 0.3) is 5.91 Å². The summed E-state index contributed by atoms with van der Waals surface area (Å²) in [7, 11) is 0. The maximum Gasteiger partial charge on any atom is 0.263 e. The minimum Gasteiger partial charge on any atom is -0.479 e. The summed E-state index contributed by atoms with van der Waals surface area (Å²) in [5.74, 6) is -0.151. The van der Waals surface area contributed by atoms with Gasteiger partial charge in [-0.25, -0.2) is 0 Å². The molecule has 1 amide bonds. The second kappa shape index (κ2) is 6.85. The lowest BCUT2D eigenvalue weighted by Crippen LogP contribution is -2.50. The standard InChI is InChI=1S/C16H19Cl2NO4/c1-11(23-14-10-12(17)2-3-13(14)18)15(20)19-6-4-16(5-7-19)21-8-9-22-16/h2-3,10-11H,4-9H2,1H3. The third-order valence-corrected chi connectivity index (χ3v) is 4.74. The predicted octanol–water partition coefficient (Wildman–Crippen LogP) is 3.13. The second-order valence-corrected chi connectivity index (χ2v) is 6.61. The number of amides is 1. The van der Waals surface area contributed by atoms with Crippen LogP contribution in [-0.2, 0) is 14.3 Å². The largest absolute Gasteiger partial charge is 0.479 e. The molecule has 0 N–H and O–H groups in total. The minimum absolute atomic E-state index is 0.0751. The third-order valence-electron chi connectivity index (χ3n) is 4.20. The Morgan fingerprint density at radius 2 is 1.91 bits per heavy atom. The fraction of sp³-hybridized carbons (Fsp3) is 0.562. The van der Waals surface area contributed by atoms with E-state index in [1.165, 1.54) is 0 Å². The molecule has 1 spiro atoms. The number of ether oxygens (including phenoxy) is 3. The molecule has 3 rings (SSSR count). The van der Waals surface area contributed by atoms with Gasteiger partial charge in [0, 0.05) is 37.0 Å². The van der Waals surface area contributed by atoms with Crippen molar-refractivity contribution in [1.29, 1.82) is 0 Å². The highest BCUT2D eigenvalue weighted by Crippen LogP contribution is 2.32. The highest BCUT2D eigenvalue weighted by molar-refractivity contribution is 6.34. The molecule has 2 aliphatic rings. The van der Waals surface area contributed by atoms with Crippen LogP contribution in [0.2, 0.25) is 10.0 Å². The summed E-state index contributed by atoms with van der Waals surface area (Å²) in [5, 5.41) is 0.943. The summed E-state index contributed by atoms with van der Waals surface area (Å²) in [6.07, 6.45) is 0.734. The third kappa shape index (κ3) is 3.74. The zero-order valence-electron chi connectivity index (χ0n) is 12.9. The lowest BCUT2D eigenvalue weighted by Gasteiger charge is -2.38. The molecule has 2 saturated heterocycles. The molecule has 1 atom stereocenters. The number of benzene rings is 1. The molecule has 0 aliphatic carbocycles. The molecular formula is C16H19Cl2NO4. The summed E-state index contributed by atoms with van der Waals surface area (Å²) in [6, 6.07) is 4.93. The van der Waals surface area contributed by atoms with Crippen molar-refractivity contribution in [3.8, 4) is 5.75 Å². The van der Waals surface area contributed by atoms with E-state index >= 15 is 0 Å². The van der Waals surface area contributed by atoms with Gasteiger partial charge in [-0.1, -0.05) is 23.2 Å². The van der Waals surface area contributed by atoms with E-state index in [-0.39, 0.29) is 5.91 Å². The van der Waals surface area contributed by atoms with Gasteiger partial charge < -0.3 is 19.1 Å². The van der Waals surface area contributed by atoms with Gasteiger partial charge in [0.15, 0.2) is 11.9 Å². The monoisotopic (exact) mass is 359 g/mol. The maximum absolute atomic E-state index is 12.5. The van der Waals surface area contributed by atoms with E-state index in [0.29, 0.717) is 54.9 Å². The van der Waals surface area contributed by atoms with E-state index in [2.05, 4.69) is 0 Å². The van der Waals surface area contributed by atoms with Crippen molar-refractivity contribution in [2.45, 2.75) is 31.7 Å². The number of carbonyl (C=O) groups is 1. The molecule has 0 radical (unpaired) electrons. The van der Waals surface area contributed by atoms with Crippen LogP contribution in [0.5, 0.6) is 5.75 Å². The van der Waals surface area contributed by atoms with Crippen LogP contribution in [0.15, 0.2) is 18.2 Å². The SMILES string of the molecule is CC(Oc1cc(Cl)ccc1Cl)C(=O)N1CCC2(CC1)OCCO2. The first-order valence-corrected chi connectivity index (χ1v) is 8.43. The molecule has 0 bridgehead atoms. The molecule has 1 unspecified atom stereocenters. The average Bonchev–Trinajstić information content (AvgIpc) is 2.99. The van der Waals surface area contributed by atoms with Crippen molar-refractivity contribution in [1.82, 2.24) is 4.90 Å². The molecule has 1 aromatic carbocycles. The molecule has 0 aromatic heterocycles. The van der Waals surface area contributed by atoms with Crippen LogP contribution in [0.1, 0.15) is 19.8 Å². The van der Waals surface area contributed by atoms with Crippen molar-refractivity contribution in [2.75, 3.05) is 26.3 Å². The number of likely N-dealkylation sites (tertiary alicyclic amines) is 1. The van der Waals surface area contributed by atoms with Crippen LogP contribution in [-0.4, -0.2) is 49.0 Å². The van der Waals surface area contributed by atoms with Crippen molar-refractivity contribution in [3.05, 3.63) is 28.2 Å². The number of halogens is 2. The van der Waals surface area contributed by atoms with Gasteiger partial charge in [-0.2, -0.15) is 0 Å². The molecule has 1 aromatic rings. The average molecular weight is 360 g/mol. The van der Waals surface area contributed by atoms with E-state index in [1.807, 2.05) is 0 Å². The highest BCUT2D eigenvalue weighted by Gasteiger charge is 2.41. The van der Waals surface area contributed by atoms with E-state index in [0.717, 1.165) is 0 Å². The van der Waals surface area contributed by atoms with Crippen LogP contribution < -0.4 is 4.74 Å². The summed E-state index contributed by atoms with van der Waals surface area (Å²) in [4.78, 5) is 14.3. The quantitative estimate of drug-likeness (QED) is 0.831. The summed E-state index contributed by atoms with van der Waals surface area (Å²) in [6.45, 7) is 4.15. The van der Waals surface area contributed by atoms with E-state index in [4.69, 9.17) is 37.4 Å². The van der Waals surface area contributed by atoms with Crippen LogP contribution in [0.4, 0.5) is 0 Å². The van der Waals surface area contributed by atoms with Crippen LogP contribution in [0.25, 0.3) is 0 Å². The molecule has 23 heavy (non-hydrogen) atoms. The second-order valence-electron chi connectivity index (χ2n) is 5.77. The van der Waals surface area contributed by atoms with E-state index in [9.17, 15) is 4.79 Å². The van der Waals surface area contributed by atoms with Gasteiger partial charge in [-0.05, 0) is 19.1 Å². The fourth-order valence-electron chi connectivity index (χ4n) is 2.92. The zero-order chi connectivity index (χ0) is 16.4. The lowest BCUT2D eigenvalue weighted by molar-refractivity contribution is -0.188. The molecule has 7 heteroatoms. The van der Waals surface area contributed by atoms with Gasteiger partial charge in [0.1, 0.15) is 5.75 Å². The Kier molecular flexibility index (Phi) is 5.01. The summed E-state index contributed by atoms with van der Waals surface area (Å²) >= 11 is 12.0. The number of hydrogen-bond acceptors (Lipinski definition) is 4. The van der Waals surface area contributed by atoms with Gasteiger partial charge in [-0.3, -0.25) is 4.79 Å². The maximum atomic E-state index is 12.5. The van der Waals surface area contributed by atoms with Crippen LogP contribution in [0, 0.1) is 0 Å². The fourth-order valence-corrected chi connectivity index (χ4v) is 3.24. The molecule has 2 fully saturated rings. The molecule has 126 valence electrons. The molecule has 5 nitrogen and oxygen atoms in total. The number of carbonyl (C=O) groups excluding carboxylic acids is 1. The minimum atomic E-state index is -0.634. The summed E-state index contributed by atoms with van der Waals surface area (Å²) in [5.41, 5.74) is 0. The van der Waals surface area contributed by atoms with E-state index < -0.39 is 11.9 Å². The smallest absolute Gasteiger partial charge is 0.263 e. The van der Waals surface area contributed by atoms with E-state index in [1.54, 1.807) is 30.0 Å². The Labute approximate surface area is 145 Å². The van der Waals surface area contributed by atoms with Crippen LogP contribution >= 0.6 is 23.2 Å². The molecule has 0 saturated carbocycles. The first-order valence-electron chi connectivity index (χ1n) is 7.67. The Bertz CT molecular complexity index is 579. The van der Waals surface area contributed by atoms with Crippen molar-refractivity contribution >= 4 is 29.1 Å². The van der Waals surface area contributed by atoms with Crippen molar-refractivity contribution in [3.63, 3.8) is 0 Å². The van der Waals surface area contributed by atoms with Gasteiger partial charge in [0.05, 0.1) is 18.2 Å². The Balaban J connectivity index is 1.58. The molecule has 2 heterocycles. The number of nitrogens with zero attached hydrogens (tertiary/aromatic N) is 1. The number of hydrogen-bond donors (Lipinski definition) is 0. The van der Waals surface area contributed by atoms with Crippen molar-refractivity contribution < 1.29 is 19.0 Å². The first-order chi connectivity index (χ1) is 11.0. The Hall–Kier alpha value is -1.01. The van der Waals surface area contributed by atoms with Gasteiger partial charge >= 0.3 is 0 Å². The van der Waals surface area contributed by atoms with Gasteiger partial charge in [0.2, 0.25) is 0 Å². The van der Waals surface area contributed by atoms with Gasteiger partial charge in [-0.15, -0.1) is 0 Å². The number of rotatable bonds is 3. The highest BCUT2D eigenvalue weighted by atomic mass is 35.5. The normalized spacial score (nSPS) is 21.4. The first kappa shape index (κ1) is 16.8.